The van der Waals surface area contributed by atoms with Crippen molar-refractivity contribution in [2.45, 2.75) is 51.0 Å². The monoisotopic (exact) mass is 277 g/mol. The van der Waals surface area contributed by atoms with E-state index in [0.29, 0.717) is 24.9 Å². The summed E-state index contributed by atoms with van der Waals surface area (Å²) >= 11 is 0. The fourth-order valence-corrected chi connectivity index (χ4v) is 3.20. The molecule has 4 nitrogen and oxygen atoms in total. The van der Waals surface area contributed by atoms with Crippen LogP contribution in [-0.2, 0) is 11.3 Å². The minimum atomic E-state index is 0.421. The van der Waals surface area contributed by atoms with Crippen LogP contribution in [0.3, 0.4) is 0 Å². The lowest BCUT2D eigenvalue weighted by Gasteiger charge is -2.20. The van der Waals surface area contributed by atoms with Crippen molar-refractivity contribution in [2.75, 3.05) is 13.7 Å². The Balaban J connectivity index is 1.60. The second-order valence-corrected chi connectivity index (χ2v) is 5.52. The van der Waals surface area contributed by atoms with Gasteiger partial charge in [0.05, 0.1) is 25.9 Å². The van der Waals surface area contributed by atoms with Crippen LogP contribution in [-0.4, -0.2) is 32.0 Å². The molecule has 3 unspecified atom stereocenters. The summed E-state index contributed by atoms with van der Waals surface area (Å²) in [4.78, 5) is 0. The predicted octanol–water partition coefficient (Wildman–Crippen LogP) is 2.50. The third-order valence-electron chi connectivity index (χ3n) is 4.20. The van der Waals surface area contributed by atoms with Gasteiger partial charge in [0.15, 0.2) is 11.5 Å². The number of nitrogens with one attached hydrogen (secondary N) is 1. The molecule has 0 radical (unpaired) electrons. The number of rotatable bonds is 6. The molecular formula is C16H23NO3. The Morgan fingerprint density at radius 1 is 1.30 bits per heavy atom. The Hall–Kier alpha value is -1.26. The summed E-state index contributed by atoms with van der Waals surface area (Å²) in [6.07, 6.45) is 4.50. The van der Waals surface area contributed by atoms with Crippen LogP contribution in [0.5, 0.6) is 11.5 Å². The molecule has 2 heterocycles. The maximum atomic E-state index is 5.86. The molecule has 2 saturated heterocycles. The van der Waals surface area contributed by atoms with Gasteiger partial charge in [-0.25, -0.2) is 0 Å². The maximum absolute atomic E-state index is 5.86. The van der Waals surface area contributed by atoms with Crippen LogP contribution in [0.1, 0.15) is 31.7 Å². The number of fused-ring (bicyclic) bond motifs is 2. The lowest BCUT2D eigenvalue weighted by Crippen LogP contribution is -2.36. The zero-order valence-electron chi connectivity index (χ0n) is 12.2. The normalized spacial score (nSPS) is 27.8. The fourth-order valence-electron chi connectivity index (χ4n) is 3.20. The lowest BCUT2D eigenvalue weighted by molar-refractivity contribution is 0.0973. The number of benzene rings is 1. The number of methoxy groups -OCH3 is 1. The van der Waals surface area contributed by atoms with Crippen LogP contribution < -0.4 is 14.8 Å². The third-order valence-corrected chi connectivity index (χ3v) is 4.20. The summed E-state index contributed by atoms with van der Waals surface area (Å²) in [6.45, 7) is 3.47. The summed E-state index contributed by atoms with van der Waals surface area (Å²) in [5, 5.41) is 3.61. The van der Waals surface area contributed by atoms with Gasteiger partial charge in [-0.05, 0) is 43.9 Å². The Bertz CT molecular complexity index is 463. The smallest absolute Gasteiger partial charge is 0.161 e. The molecule has 2 aliphatic rings. The molecule has 1 N–H and O–H groups in total. The lowest BCUT2D eigenvalue weighted by atomic mass is 9.95. The van der Waals surface area contributed by atoms with Crippen molar-refractivity contribution in [3.63, 3.8) is 0 Å². The zero-order valence-corrected chi connectivity index (χ0v) is 12.2. The van der Waals surface area contributed by atoms with Gasteiger partial charge in [-0.1, -0.05) is 6.07 Å². The number of hydrogen-bond acceptors (Lipinski definition) is 4. The molecule has 2 fully saturated rings. The van der Waals surface area contributed by atoms with E-state index < -0.39 is 0 Å². The van der Waals surface area contributed by atoms with Crippen molar-refractivity contribution in [2.24, 2.45) is 0 Å². The first-order chi connectivity index (χ1) is 9.80. The van der Waals surface area contributed by atoms with E-state index in [1.165, 1.54) is 18.4 Å². The van der Waals surface area contributed by atoms with E-state index in [2.05, 4.69) is 11.4 Å². The van der Waals surface area contributed by atoms with Crippen molar-refractivity contribution in [1.29, 1.82) is 0 Å². The van der Waals surface area contributed by atoms with Crippen molar-refractivity contribution in [3.8, 4) is 11.5 Å². The average Bonchev–Trinajstić information content (AvgIpc) is 3.09. The predicted molar refractivity (Wildman–Crippen MR) is 77.3 cm³/mol. The first kappa shape index (κ1) is 13.7. The summed E-state index contributed by atoms with van der Waals surface area (Å²) in [7, 11) is 1.68. The van der Waals surface area contributed by atoms with E-state index in [0.717, 1.165) is 24.5 Å². The summed E-state index contributed by atoms with van der Waals surface area (Å²) in [5.74, 6) is 1.61. The molecule has 4 heteroatoms. The van der Waals surface area contributed by atoms with Gasteiger partial charge in [-0.15, -0.1) is 0 Å². The van der Waals surface area contributed by atoms with Gasteiger partial charge in [0.1, 0.15) is 0 Å². The topological polar surface area (TPSA) is 39.7 Å². The molecule has 0 aliphatic carbocycles. The Labute approximate surface area is 120 Å². The molecule has 1 aromatic rings. The number of ether oxygens (including phenoxy) is 3. The van der Waals surface area contributed by atoms with Gasteiger partial charge in [-0.2, -0.15) is 0 Å². The quantitative estimate of drug-likeness (QED) is 0.867. The molecule has 3 rings (SSSR count). The first-order valence-corrected chi connectivity index (χ1v) is 7.48. The van der Waals surface area contributed by atoms with Crippen LogP contribution in [0, 0.1) is 0 Å². The Morgan fingerprint density at radius 3 is 2.85 bits per heavy atom. The molecule has 0 spiro atoms. The third kappa shape index (κ3) is 2.76. The van der Waals surface area contributed by atoms with Gasteiger partial charge in [-0.3, -0.25) is 0 Å². The molecule has 0 aromatic heterocycles. The summed E-state index contributed by atoms with van der Waals surface area (Å²) < 4.78 is 16.8. The van der Waals surface area contributed by atoms with E-state index in [9.17, 15) is 0 Å². The van der Waals surface area contributed by atoms with E-state index in [1.54, 1.807) is 7.11 Å². The van der Waals surface area contributed by atoms with Gasteiger partial charge < -0.3 is 19.5 Å². The van der Waals surface area contributed by atoms with Crippen LogP contribution >= 0.6 is 0 Å². The average molecular weight is 277 g/mol. The highest BCUT2D eigenvalue weighted by molar-refractivity contribution is 5.42. The van der Waals surface area contributed by atoms with Crippen LogP contribution in [0.2, 0.25) is 0 Å². The highest BCUT2D eigenvalue weighted by Crippen LogP contribution is 2.34. The minimum absolute atomic E-state index is 0.421. The zero-order chi connectivity index (χ0) is 13.9. The largest absolute Gasteiger partial charge is 0.493 e. The van der Waals surface area contributed by atoms with E-state index >= 15 is 0 Å². The number of hydrogen-bond donors (Lipinski definition) is 1. The van der Waals surface area contributed by atoms with Crippen LogP contribution in [0.4, 0.5) is 0 Å². The van der Waals surface area contributed by atoms with E-state index in [1.807, 2.05) is 19.1 Å². The highest BCUT2D eigenvalue weighted by Gasteiger charge is 2.40. The molecule has 3 atom stereocenters. The Kier molecular flexibility index (Phi) is 4.13. The van der Waals surface area contributed by atoms with Crippen LogP contribution in [0.25, 0.3) is 0 Å². The molecule has 1 aromatic carbocycles. The summed E-state index contributed by atoms with van der Waals surface area (Å²) in [6, 6.07) is 6.63. The fraction of sp³-hybridized carbons (Fsp3) is 0.625. The molecule has 2 bridgehead atoms. The second kappa shape index (κ2) is 6.02. The maximum Gasteiger partial charge on any atom is 0.161 e. The van der Waals surface area contributed by atoms with Gasteiger partial charge in [0.25, 0.3) is 0 Å². The van der Waals surface area contributed by atoms with Crippen molar-refractivity contribution in [1.82, 2.24) is 5.32 Å². The van der Waals surface area contributed by atoms with Gasteiger partial charge in [0.2, 0.25) is 0 Å². The molecule has 110 valence electrons. The molecule has 20 heavy (non-hydrogen) atoms. The molecule has 2 aliphatic heterocycles. The van der Waals surface area contributed by atoms with E-state index in [-0.39, 0.29) is 0 Å². The van der Waals surface area contributed by atoms with Gasteiger partial charge >= 0.3 is 0 Å². The van der Waals surface area contributed by atoms with Crippen molar-refractivity contribution < 1.29 is 14.2 Å². The summed E-state index contributed by atoms with van der Waals surface area (Å²) in [5.41, 5.74) is 1.22. The molecular weight excluding hydrogens is 254 g/mol. The van der Waals surface area contributed by atoms with E-state index in [4.69, 9.17) is 14.2 Å². The second-order valence-electron chi connectivity index (χ2n) is 5.52. The van der Waals surface area contributed by atoms with Crippen LogP contribution in [0.15, 0.2) is 18.2 Å². The highest BCUT2D eigenvalue weighted by atomic mass is 16.5. The van der Waals surface area contributed by atoms with Crippen molar-refractivity contribution >= 4 is 0 Å². The Morgan fingerprint density at radius 2 is 2.20 bits per heavy atom. The standard InChI is InChI=1S/C16H23NO3/c1-3-19-15-6-4-11(8-16(15)18-2)10-17-13-9-12-5-7-14(13)20-12/h4,6,8,12-14,17H,3,5,7,9-10H2,1-2H3. The molecule has 0 amide bonds. The van der Waals surface area contributed by atoms with Crippen molar-refractivity contribution in [3.05, 3.63) is 23.8 Å². The molecule has 0 saturated carbocycles. The minimum Gasteiger partial charge on any atom is -0.493 e. The van der Waals surface area contributed by atoms with Gasteiger partial charge in [0, 0.05) is 12.6 Å². The first-order valence-electron chi connectivity index (χ1n) is 7.48. The SMILES string of the molecule is CCOc1ccc(CNC2CC3CCC2O3)cc1OC.